The van der Waals surface area contributed by atoms with Crippen LogP contribution in [0.1, 0.15) is 43.0 Å². The first-order valence-corrected chi connectivity index (χ1v) is 6.71. The smallest absolute Gasteiger partial charge is 0.0953 e. The van der Waals surface area contributed by atoms with E-state index in [1.807, 2.05) is 6.20 Å². The van der Waals surface area contributed by atoms with Crippen LogP contribution in [0.5, 0.6) is 0 Å². The fraction of sp³-hybridized carbons (Fsp3) is 0.750. The molecular formula is C12H22N2OS. The van der Waals surface area contributed by atoms with Crippen molar-refractivity contribution in [2.24, 2.45) is 5.92 Å². The van der Waals surface area contributed by atoms with Gasteiger partial charge in [0.05, 0.1) is 5.01 Å². The van der Waals surface area contributed by atoms with Crippen LogP contribution in [0.2, 0.25) is 0 Å². The van der Waals surface area contributed by atoms with Crippen LogP contribution in [-0.4, -0.2) is 23.2 Å². The van der Waals surface area contributed by atoms with Gasteiger partial charge in [0.15, 0.2) is 0 Å². The Morgan fingerprint density at radius 1 is 1.44 bits per heavy atom. The fourth-order valence-corrected chi connectivity index (χ4v) is 2.32. The van der Waals surface area contributed by atoms with Gasteiger partial charge in [0, 0.05) is 30.1 Å². The Labute approximate surface area is 102 Å². The molecule has 0 aliphatic rings. The molecule has 0 radical (unpaired) electrons. The summed E-state index contributed by atoms with van der Waals surface area (Å²) in [6.45, 7) is 8.60. The lowest BCUT2D eigenvalue weighted by Gasteiger charge is -2.09. The highest BCUT2D eigenvalue weighted by Gasteiger charge is 2.06. The van der Waals surface area contributed by atoms with Crippen molar-refractivity contribution in [3.63, 3.8) is 0 Å². The van der Waals surface area contributed by atoms with E-state index in [2.05, 4.69) is 31.1 Å². The summed E-state index contributed by atoms with van der Waals surface area (Å²) in [5, 5.41) is 13.4. The van der Waals surface area contributed by atoms with Gasteiger partial charge in [0.1, 0.15) is 0 Å². The Morgan fingerprint density at radius 3 is 2.75 bits per heavy atom. The largest absolute Gasteiger partial charge is 0.396 e. The summed E-state index contributed by atoms with van der Waals surface area (Å²) in [5.74, 6) is 1.05. The number of aliphatic hydroxyl groups excluding tert-OH is 1. The lowest BCUT2D eigenvalue weighted by atomic mass is 10.1. The molecule has 2 N–H and O–H groups in total. The molecule has 0 aromatic carbocycles. The first kappa shape index (κ1) is 13.6. The molecule has 1 unspecified atom stereocenters. The summed E-state index contributed by atoms with van der Waals surface area (Å²) < 4.78 is 0. The Morgan fingerprint density at radius 2 is 2.19 bits per heavy atom. The Hall–Kier alpha value is -0.450. The highest BCUT2D eigenvalue weighted by atomic mass is 32.1. The number of hydrogen-bond acceptors (Lipinski definition) is 4. The van der Waals surface area contributed by atoms with E-state index < -0.39 is 0 Å². The minimum atomic E-state index is 0.279. The standard InChI is InChI=1S/C12H22N2OS/c1-9(2)12-14-8-11(16-12)7-13-6-10(3)4-5-15/h8-10,13,15H,4-7H2,1-3H3. The first-order valence-electron chi connectivity index (χ1n) is 5.89. The molecule has 0 amide bonds. The van der Waals surface area contributed by atoms with Gasteiger partial charge < -0.3 is 10.4 Å². The van der Waals surface area contributed by atoms with Crippen LogP contribution in [0.4, 0.5) is 0 Å². The van der Waals surface area contributed by atoms with Gasteiger partial charge in [-0.3, -0.25) is 0 Å². The third-order valence-electron chi connectivity index (χ3n) is 2.48. The zero-order valence-corrected chi connectivity index (χ0v) is 11.2. The van der Waals surface area contributed by atoms with Crippen molar-refractivity contribution < 1.29 is 5.11 Å². The molecule has 4 heteroatoms. The number of thiazole rings is 1. The van der Waals surface area contributed by atoms with E-state index in [4.69, 9.17) is 5.11 Å². The van der Waals surface area contributed by atoms with Gasteiger partial charge in [0.2, 0.25) is 0 Å². The number of hydrogen-bond donors (Lipinski definition) is 2. The number of nitrogens with zero attached hydrogens (tertiary/aromatic N) is 1. The Kier molecular flexibility index (Phi) is 5.95. The van der Waals surface area contributed by atoms with Crippen molar-refractivity contribution in [2.75, 3.05) is 13.2 Å². The third kappa shape index (κ3) is 4.60. The zero-order chi connectivity index (χ0) is 12.0. The minimum absolute atomic E-state index is 0.279. The maximum Gasteiger partial charge on any atom is 0.0953 e. The van der Waals surface area contributed by atoms with Crippen LogP contribution >= 0.6 is 11.3 Å². The lowest BCUT2D eigenvalue weighted by molar-refractivity contribution is 0.260. The van der Waals surface area contributed by atoms with E-state index in [1.54, 1.807) is 11.3 Å². The molecule has 3 nitrogen and oxygen atoms in total. The first-order chi connectivity index (χ1) is 7.63. The summed E-state index contributed by atoms with van der Waals surface area (Å²) in [5.41, 5.74) is 0. The van der Waals surface area contributed by atoms with Gasteiger partial charge in [0.25, 0.3) is 0 Å². The van der Waals surface area contributed by atoms with Crippen LogP contribution in [-0.2, 0) is 6.54 Å². The molecule has 16 heavy (non-hydrogen) atoms. The van der Waals surface area contributed by atoms with Crippen LogP contribution in [0, 0.1) is 5.92 Å². The molecule has 0 saturated carbocycles. The van der Waals surface area contributed by atoms with E-state index in [1.165, 1.54) is 9.88 Å². The maximum absolute atomic E-state index is 8.78. The normalized spacial score (nSPS) is 13.3. The third-order valence-corrected chi connectivity index (χ3v) is 3.78. The average molecular weight is 242 g/mol. The highest BCUT2D eigenvalue weighted by Crippen LogP contribution is 2.20. The summed E-state index contributed by atoms with van der Waals surface area (Å²) in [6.07, 6.45) is 2.83. The molecule has 1 aromatic rings. The highest BCUT2D eigenvalue weighted by molar-refractivity contribution is 7.11. The zero-order valence-electron chi connectivity index (χ0n) is 10.4. The molecule has 0 saturated heterocycles. The van der Waals surface area contributed by atoms with Crippen molar-refractivity contribution in [2.45, 2.75) is 39.7 Å². The fourth-order valence-electron chi connectivity index (χ4n) is 1.44. The molecule has 0 bridgehead atoms. The summed E-state index contributed by atoms with van der Waals surface area (Å²) >= 11 is 1.78. The molecule has 1 atom stereocenters. The maximum atomic E-state index is 8.78. The van der Waals surface area contributed by atoms with Crippen molar-refractivity contribution in [1.29, 1.82) is 0 Å². The lowest BCUT2D eigenvalue weighted by Crippen LogP contribution is -2.20. The van der Waals surface area contributed by atoms with E-state index in [0.717, 1.165) is 19.5 Å². The number of aliphatic hydroxyl groups is 1. The number of nitrogens with one attached hydrogen (secondary N) is 1. The number of rotatable bonds is 7. The van der Waals surface area contributed by atoms with Crippen molar-refractivity contribution >= 4 is 11.3 Å². The predicted octanol–water partition coefficient (Wildman–Crippen LogP) is 2.37. The molecular weight excluding hydrogens is 220 g/mol. The number of aromatic nitrogens is 1. The van der Waals surface area contributed by atoms with Crippen LogP contribution < -0.4 is 5.32 Å². The van der Waals surface area contributed by atoms with Gasteiger partial charge in [-0.25, -0.2) is 4.98 Å². The van der Waals surface area contributed by atoms with Crippen LogP contribution in [0.15, 0.2) is 6.20 Å². The second kappa shape index (κ2) is 6.99. The molecule has 92 valence electrons. The molecule has 0 aliphatic heterocycles. The molecule has 1 rings (SSSR count). The second-order valence-electron chi connectivity index (χ2n) is 4.57. The second-order valence-corrected chi connectivity index (χ2v) is 5.71. The Bertz CT molecular complexity index is 299. The SMILES string of the molecule is CC(CCO)CNCc1cnc(C(C)C)s1. The predicted molar refractivity (Wildman–Crippen MR) is 68.8 cm³/mol. The van der Waals surface area contributed by atoms with E-state index in [-0.39, 0.29) is 6.61 Å². The molecule has 0 spiro atoms. The van der Waals surface area contributed by atoms with Gasteiger partial charge in [-0.1, -0.05) is 20.8 Å². The van der Waals surface area contributed by atoms with Crippen LogP contribution in [0.3, 0.4) is 0 Å². The van der Waals surface area contributed by atoms with E-state index in [0.29, 0.717) is 11.8 Å². The summed E-state index contributed by atoms with van der Waals surface area (Å²) in [6, 6.07) is 0. The monoisotopic (exact) mass is 242 g/mol. The Balaban J connectivity index is 2.26. The molecule has 1 aromatic heterocycles. The van der Waals surface area contributed by atoms with Gasteiger partial charge in [-0.2, -0.15) is 0 Å². The van der Waals surface area contributed by atoms with Crippen molar-refractivity contribution in [3.8, 4) is 0 Å². The topological polar surface area (TPSA) is 45.1 Å². The molecule has 1 heterocycles. The molecule has 0 fully saturated rings. The summed E-state index contributed by atoms with van der Waals surface area (Å²) in [7, 11) is 0. The quantitative estimate of drug-likeness (QED) is 0.771. The van der Waals surface area contributed by atoms with Gasteiger partial charge in [-0.15, -0.1) is 11.3 Å². The van der Waals surface area contributed by atoms with E-state index >= 15 is 0 Å². The van der Waals surface area contributed by atoms with Gasteiger partial charge in [-0.05, 0) is 18.9 Å². The van der Waals surface area contributed by atoms with Crippen LogP contribution in [0.25, 0.3) is 0 Å². The minimum Gasteiger partial charge on any atom is -0.396 e. The average Bonchev–Trinajstić information content (AvgIpc) is 2.67. The summed E-state index contributed by atoms with van der Waals surface area (Å²) in [4.78, 5) is 5.68. The van der Waals surface area contributed by atoms with Crippen molar-refractivity contribution in [1.82, 2.24) is 10.3 Å². The van der Waals surface area contributed by atoms with E-state index in [9.17, 15) is 0 Å². The van der Waals surface area contributed by atoms with Gasteiger partial charge >= 0.3 is 0 Å². The van der Waals surface area contributed by atoms with Crippen molar-refractivity contribution in [3.05, 3.63) is 16.1 Å². The molecule has 0 aliphatic carbocycles.